The second kappa shape index (κ2) is 7.96. The van der Waals surface area contributed by atoms with Gasteiger partial charge < -0.3 is 10.1 Å². The van der Waals surface area contributed by atoms with Gasteiger partial charge in [0.2, 0.25) is 0 Å². The number of nitrogens with zero attached hydrogens (tertiary/aromatic N) is 2. The molecule has 0 unspecified atom stereocenters. The first-order valence-corrected chi connectivity index (χ1v) is 8.24. The number of nitrogens with one attached hydrogen (secondary N) is 1. The van der Waals surface area contributed by atoms with Crippen LogP contribution in [0.25, 0.3) is 5.69 Å². The van der Waals surface area contributed by atoms with Crippen LogP contribution in [-0.4, -0.2) is 22.3 Å². The zero-order chi connectivity index (χ0) is 17.6. The summed E-state index contributed by atoms with van der Waals surface area (Å²) in [5.41, 5.74) is 2.59. The Bertz CT molecular complexity index is 862. The highest BCUT2D eigenvalue weighted by Crippen LogP contribution is 2.20. The van der Waals surface area contributed by atoms with Crippen LogP contribution in [0.4, 0.5) is 5.82 Å². The Morgan fingerprint density at radius 1 is 1.16 bits per heavy atom. The number of ether oxygens (including phenoxy) is 1. The number of amides is 1. The molecule has 2 aromatic carbocycles. The molecule has 0 spiro atoms. The topological polar surface area (TPSA) is 56.1 Å². The SMILES string of the molecule is Cc1cc(NC(=O)COCc2ccccc2)n(-c2cccc(Cl)c2)n1. The maximum absolute atomic E-state index is 12.2. The van der Waals surface area contributed by atoms with Crippen LogP contribution >= 0.6 is 11.6 Å². The van der Waals surface area contributed by atoms with Crippen LogP contribution in [0.5, 0.6) is 0 Å². The molecule has 1 aromatic heterocycles. The summed E-state index contributed by atoms with van der Waals surface area (Å²) >= 11 is 6.04. The Hall–Kier alpha value is -2.63. The zero-order valence-corrected chi connectivity index (χ0v) is 14.5. The van der Waals surface area contributed by atoms with E-state index in [1.165, 1.54) is 0 Å². The minimum absolute atomic E-state index is 0.0331. The lowest BCUT2D eigenvalue weighted by Gasteiger charge is -2.09. The Morgan fingerprint density at radius 2 is 1.96 bits per heavy atom. The van der Waals surface area contributed by atoms with E-state index in [1.54, 1.807) is 22.9 Å². The number of halogens is 1. The van der Waals surface area contributed by atoms with Gasteiger partial charge in [-0.25, -0.2) is 4.68 Å². The molecular weight excluding hydrogens is 338 g/mol. The van der Waals surface area contributed by atoms with Gasteiger partial charge in [0.05, 0.1) is 18.0 Å². The molecule has 1 amide bonds. The van der Waals surface area contributed by atoms with Gasteiger partial charge in [0.25, 0.3) is 5.91 Å². The highest BCUT2D eigenvalue weighted by atomic mass is 35.5. The molecule has 1 heterocycles. The lowest BCUT2D eigenvalue weighted by atomic mass is 10.2. The van der Waals surface area contributed by atoms with Crippen LogP contribution in [0.2, 0.25) is 5.02 Å². The molecule has 5 nitrogen and oxygen atoms in total. The molecule has 0 fully saturated rings. The molecule has 0 aliphatic carbocycles. The molecule has 3 aromatic rings. The van der Waals surface area contributed by atoms with Crippen molar-refractivity contribution >= 4 is 23.3 Å². The van der Waals surface area contributed by atoms with E-state index in [2.05, 4.69) is 10.4 Å². The van der Waals surface area contributed by atoms with Crippen LogP contribution in [-0.2, 0) is 16.1 Å². The van der Waals surface area contributed by atoms with E-state index in [4.69, 9.17) is 16.3 Å². The van der Waals surface area contributed by atoms with Gasteiger partial charge in [-0.2, -0.15) is 5.10 Å². The van der Waals surface area contributed by atoms with Crippen molar-refractivity contribution in [2.45, 2.75) is 13.5 Å². The van der Waals surface area contributed by atoms with E-state index in [0.29, 0.717) is 17.4 Å². The first-order chi connectivity index (χ1) is 12.1. The fourth-order valence-electron chi connectivity index (χ4n) is 2.41. The van der Waals surface area contributed by atoms with Gasteiger partial charge in [0.15, 0.2) is 0 Å². The largest absolute Gasteiger partial charge is 0.367 e. The van der Waals surface area contributed by atoms with Crippen molar-refractivity contribution in [2.24, 2.45) is 0 Å². The van der Waals surface area contributed by atoms with Crippen molar-refractivity contribution in [2.75, 3.05) is 11.9 Å². The van der Waals surface area contributed by atoms with Crippen molar-refractivity contribution in [3.8, 4) is 5.69 Å². The summed E-state index contributed by atoms with van der Waals surface area (Å²) in [6.45, 7) is 2.22. The van der Waals surface area contributed by atoms with Crippen LogP contribution in [0.15, 0.2) is 60.7 Å². The number of anilines is 1. The molecule has 0 atom stereocenters. The van der Waals surface area contributed by atoms with Crippen molar-refractivity contribution in [1.82, 2.24) is 9.78 Å². The molecule has 0 aliphatic heterocycles. The minimum atomic E-state index is -0.237. The van der Waals surface area contributed by atoms with E-state index >= 15 is 0 Å². The second-order valence-electron chi connectivity index (χ2n) is 5.59. The van der Waals surface area contributed by atoms with Crippen LogP contribution in [0.3, 0.4) is 0 Å². The normalized spacial score (nSPS) is 10.6. The summed E-state index contributed by atoms with van der Waals surface area (Å²) in [5, 5.41) is 7.84. The molecule has 0 bridgehead atoms. The van der Waals surface area contributed by atoms with Gasteiger partial charge >= 0.3 is 0 Å². The van der Waals surface area contributed by atoms with Gasteiger partial charge in [-0.1, -0.05) is 48.0 Å². The van der Waals surface area contributed by atoms with Crippen LogP contribution in [0, 0.1) is 6.92 Å². The Balaban J connectivity index is 1.63. The van der Waals surface area contributed by atoms with Crippen LogP contribution < -0.4 is 5.32 Å². The fourth-order valence-corrected chi connectivity index (χ4v) is 2.59. The lowest BCUT2D eigenvalue weighted by molar-refractivity contribution is -0.121. The first-order valence-electron chi connectivity index (χ1n) is 7.86. The standard InChI is InChI=1S/C19H18ClN3O2/c1-14-10-18(23(22-14)17-9-5-8-16(20)11-17)21-19(24)13-25-12-15-6-3-2-4-7-15/h2-11H,12-13H2,1H3,(H,21,24). The van der Waals surface area contributed by atoms with E-state index in [-0.39, 0.29) is 12.5 Å². The fraction of sp³-hybridized carbons (Fsp3) is 0.158. The molecule has 3 rings (SSSR count). The number of aromatic nitrogens is 2. The Labute approximate surface area is 151 Å². The van der Waals surface area contributed by atoms with E-state index in [1.807, 2.05) is 49.4 Å². The van der Waals surface area contributed by atoms with E-state index in [9.17, 15) is 4.79 Å². The first kappa shape index (κ1) is 17.2. The third kappa shape index (κ3) is 4.68. The summed E-state index contributed by atoms with van der Waals surface area (Å²) < 4.78 is 7.11. The van der Waals surface area contributed by atoms with Gasteiger partial charge in [-0.15, -0.1) is 0 Å². The number of benzene rings is 2. The number of aryl methyl sites for hydroxylation is 1. The van der Waals surface area contributed by atoms with Crippen LogP contribution in [0.1, 0.15) is 11.3 Å². The van der Waals surface area contributed by atoms with E-state index in [0.717, 1.165) is 16.9 Å². The van der Waals surface area contributed by atoms with Gasteiger partial charge in [0.1, 0.15) is 12.4 Å². The third-order valence-electron chi connectivity index (χ3n) is 3.50. The maximum atomic E-state index is 12.2. The molecule has 0 saturated heterocycles. The quantitative estimate of drug-likeness (QED) is 0.727. The number of rotatable bonds is 6. The monoisotopic (exact) mass is 355 g/mol. The number of hydrogen-bond donors (Lipinski definition) is 1. The number of hydrogen-bond acceptors (Lipinski definition) is 3. The second-order valence-corrected chi connectivity index (χ2v) is 6.03. The molecule has 6 heteroatoms. The van der Waals surface area contributed by atoms with Crippen molar-refractivity contribution in [3.05, 3.63) is 76.9 Å². The predicted molar refractivity (Wildman–Crippen MR) is 98.0 cm³/mol. The van der Waals surface area contributed by atoms with Crippen molar-refractivity contribution < 1.29 is 9.53 Å². The van der Waals surface area contributed by atoms with E-state index < -0.39 is 0 Å². The summed E-state index contributed by atoms with van der Waals surface area (Å²) in [6, 6.07) is 18.8. The highest BCUT2D eigenvalue weighted by Gasteiger charge is 2.11. The molecule has 1 N–H and O–H groups in total. The smallest absolute Gasteiger partial charge is 0.251 e. The number of carbonyl (C=O) groups excluding carboxylic acids is 1. The van der Waals surface area contributed by atoms with Gasteiger partial charge in [0, 0.05) is 11.1 Å². The molecule has 0 radical (unpaired) electrons. The summed E-state index contributed by atoms with van der Waals surface area (Å²) in [5.74, 6) is 0.340. The molecule has 25 heavy (non-hydrogen) atoms. The summed E-state index contributed by atoms with van der Waals surface area (Å²) in [7, 11) is 0. The molecule has 0 aliphatic rings. The zero-order valence-electron chi connectivity index (χ0n) is 13.8. The average Bonchev–Trinajstić information content (AvgIpc) is 2.96. The molecule has 0 saturated carbocycles. The summed E-state index contributed by atoms with van der Waals surface area (Å²) in [6.07, 6.45) is 0. The third-order valence-corrected chi connectivity index (χ3v) is 3.73. The van der Waals surface area contributed by atoms with Gasteiger partial charge in [-0.05, 0) is 30.7 Å². The van der Waals surface area contributed by atoms with Crippen molar-refractivity contribution in [1.29, 1.82) is 0 Å². The number of carbonyl (C=O) groups is 1. The van der Waals surface area contributed by atoms with Gasteiger partial charge in [-0.3, -0.25) is 4.79 Å². The Morgan fingerprint density at radius 3 is 2.72 bits per heavy atom. The molecular formula is C19H18ClN3O2. The lowest BCUT2D eigenvalue weighted by Crippen LogP contribution is -2.20. The maximum Gasteiger partial charge on any atom is 0.251 e. The van der Waals surface area contributed by atoms with Crippen molar-refractivity contribution in [3.63, 3.8) is 0 Å². The highest BCUT2D eigenvalue weighted by molar-refractivity contribution is 6.30. The Kier molecular flexibility index (Phi) is 5.48. The summed E-state index contributed by atoms with van der Waals surface area (Å²) in [4.78, 5) is 12.2. The minimum Gasteiger partial charge on any atom is -0.367 e. The predicted octanol–water partition coefficient (Wildman–Crippen LogP) is 3.99. The molecule has 128 valence electrons. The average molecular weight is 356 g/mol.